The summed E-state index contributed by atoms with van der Waals surface area (Å²) in [7, 11) is 4.06. The molecule has 3 aliphatic rings. The van der Waals surface area contributed by atoms with Gasteiger partial charge in [0.05, 0.1) is 17.1 Å². The Bertz CT molecular complexity index is 1600. The van der Waals surface area contributed by atoms with Crippen LogP contribution in [0.2, 0.25) is 0 Å². The molecule has 4 heterocycles. The van der Waals surface area contributed by atoms with E-state index in [-0.39, 0.29) is 17.9 Å². The van der Waals surface area contributed by atoms with Crippen LogP contribution in [0.15, 0.2) is 54.9 Å². The summed E-state index contributed by atoms with van der Waals surface area (Å²) in [5.41, 5.74) is 13.9. The average Bonchev–Trinajstić information content (AvgIpc) is 3.80. The summed E-state index contributed by atoms with van der Waals surface area (Å²) in [6.07, 6.45) is 10.4. The molecule has 2 aliphatic heterocycles. The van der Waals surface area contributed by atoms with E-state index in [4.69, 9.17) is 4.98 Å². The number of piperidine rings is 1. The maximum Gasteiger partial charge on any atom is 0.126 e. The lowest BCUT2D eigenvalue weighted by molar-refractivity contribution is 0.263. The zero-order chi connectivity index (χ0) is 30.8. The van der Waals surface area contributed by atoms with Gasteiger partial charge in [0, 0.05) is 67.8 Å². The van der Waals surface area contributed by atoms with Crippen LogP contribution in [0.4, 0.5) is 10.1 Å². The van der Waals surface area contributed by atoms with Crippen molar-refractivity contribution in [3.05, 3.63) is 77.6 Å². The number of nitrogens with one attached hydrogen (secondary N) is 6. The van der Waals surface area contributed by atoms with Gasteiger partial charge < -0.3 is 25.8 Å². The molecule has 0 radical (unpaired) electrons. The second-order valence-corrected chi connectivity index (χ2v) is 13.4. The fourth-order valence-corrected chi connectivity index (χ4v) is 7.43. The van der Waals surface area contributed by atoms with Gasteiger partial charge in [0.15, 0.2) is 0 Å². The third kappa shape index (κ3) is 6.90. The van der Waals surface area contributed by atoms with Gasteiger partial charge in [0.25, 0.3) is 0 Å². The van der Waals surface area contributed by atoms with Crippen molar-refractivity contribution in [1.29, 1.82) is 0 Å². The van der Waals surface area contributed by atoms with Crippen LogP contribution in [0.5, 0.6) is 0 Å². The van der Waals surface area contributed by atoms with Crippen LogP contribution in [-0.4, -0.2) is 66.2 Å². The lowest BCUT2D eigenvalue weighted by Gasteiger charge is -2.34. The van der Waals surface area contributed by atoms with E-state index >= 15 is 0 Å². The van der Waals surface area contributed by atoms with E-state index in [9.17, 15) is 4.39 Å². The number of likely N-dealkylation sites (N-methyl/N-ethyl adjacent to an activating group) is 1. The van der Waals surface area contributed by atoms with Gasteiger partial charge in [-0.3, -0.25) is 10.4 Å². The lowest BCUT2D eigenvalue weighted by atomic mass is 9.82. The number of hydrogen-bond donors (Lipinski definition) is 6. The van der Waals surface area contributed by atoms with Crippen LogP contribution < -0.4 is 26.8 Å². The van der Waals surface area contributed by atoms with Crippen LogP contribution >= 0.6 is 0 Å². The molecular weight excluding hydrogens is 565 g/mol. The van der Waals surface area contributed by atoms with Crippen LogP contribution in [0.25, 0.3) is 22.2 Å². The number of halogens is 1. The molecule has 238 valence electrons. The van der Waals surface area contributed by atoms with Gasteiger partial charge in [-0.2, -0.15) is 0 Å². The standard InChI is InChI=1S/C35H46FN9/c1-45(2)11-10-39-27-14-24(13-26(36)15-27)28-8-5-9-30-33(28)42-35(41-30)34-29-16-31(40-21-32(29)43-44-34)25-12-23(19-38-20-25)18-37-17-22-6-3-4-7-22/h5,8-9,12-15,19-20,22,29,31-32,34,37,39-40,43-44H,3-4,6-7,10-11,16-18,21H2,1-2H3,(H,41,42). The Morgan fingerprint density at radius 2 is 1.93 bits per heavy atom. The number of benzene rings is 2. The molecule has 2 aromatic carbocycles. The number of hydrogen-bond acceptors (Lipinski definition) is 8. The number of H-pyrrole nitrogens is 1. The highest BCUT2D eigenvalue weighted by atomic mass is 19.1. The first-order valence-electron chi connectivity index (χ1n) is 16.6. The molecule has 1 saturated carbocycles. The third-order valence-corrected chi connectivity index (χ3v) is 9.84. The van der Waals surface area contributed by atoms with Crippen molar-refractivity contribution >= 4 is 16.7 Å². The molecule has 10 heteroatoms. The molecule has 9 nitrogen and oxygen atoms in total. The Labute approximate surface area is 265 Å². The number of anilines is 1. The molecule has 45 heavy (non-hydrogen) atoms. The topological polar surface area (TPSA) is 105 Å². The second-order valence-electron chi connectivity index (χ2n) is 13.4. The van der Waals surface area contributed by atoms with Crippen molar-refractivity contribution in [2.75, 3.05) is 45.6 Å². The molecular formula is C35H46FN9. The van der Waals surface area contributed by atoms with E-state index in [1.807, 2.05) is 50.8 Å². The Balaban J connectivity index is 1.07. The van der Waals surface area contributed by atoms with Crippen molar-refractivity contribution in [2.45, 2.75) is 56.8 Å². The number of rotatable bonds is 11. The van der Waals surface area contributed by atoms with Crippen molar-refractivity contribution in [3.63, 3.8) is 0 Å². The van der Waals surface area contributed by atoms with Gasteiger partial charge in [-0.25, -0.2) is 14.8 Å². The van der Waals surface area contributed by atoms with E-state index in [0.29, 0.717) is 12.0 Å². The number of aromatic amines is 1. The molecule has 3 fully saturated rings. The van der Waals surface area contributed by atoms with Gasteiger partial charge in [-0.05, 0) is 92.8 Å². The number of aromatic nitrogens is 3. The number of pyridine rings is 1. The number of para-hydroxylation sites is 1. The zero-order valence-corrected chi connectivity index (χ0v) is 26.4. The first-order valence-corrected chi connectivity index (χ1v) is 16.6. The summed E-state index contributed by atoms with van der Waals surface area (Å²) >= 11 is 0. The van der Waals surface area contributed by atoms with Gasteiger partial charge in [-0.15, -0.1) is 0 Å². The highest BCUT2D eigenvalue weighted by Crippen LogP contribution is 2.39. The van der Waals surface area contributed by atoms with Crippen LogP contribution in [-0.2, 0) is 6.54 Å². The fraction of sp³-hybridized carbons (Fsp3) is 0.486. The molecule has 2 aromatic heterocycles. The smallest absolute Gasteiger partial charge is 0.126 e. The third-order valence-electron chi connectivity index (χ3n) is 9.84. The minimum atomic E-state index is -0.263. The molecule has 4 aromatic rings. The van der Waals surface area contributed by atoms with E-state index in [0.717, 1.165) is 78.7 Å². The highest BCUT2D eigenvalue weighted by molar-refractivity contribution is 5.92. The first-order chi connectivity index (χ1) is 22.0. The fourth-order valence-electron chi connectivity index (χ4n) is 7.43. The van der Waals surface area contributed by atoms with Gasteiger partial charge in [-0.1, -0.05) is 25.0 Å². The summed E-state index contributed by atoms with van der Waals surface area (Å²) in [6.45, 7) is 4.43. The maximum atomic E-state index is 14.8. The van der Waals surface area contributed by atoms with Crippen molar-refractivity contribution in [3.8, 4) is 11.1 Å². The minimum absolute atomic E-state index is 0.0276. The summed E-state index contributed by atoms with van der Waals surface area (Å²) < 4.78 is 14.8. The van der Waals surface area contributed by atoms with Crippen molar-refractivity contribution < 1.29 is 4.39 Å². The monoisotopic (exact) mass is 611 g/mol. The van der Waals surface area contributed by atoms with E-state index in [1.165, 1.54) is 36.8 Å². The Morgan fingerprint density at radius 1 is 1.04 bits per heavy atom. The summed E-state index contributed by atoms with van der Waals surface area (Å²) in [6, 6.07) is 14.1. The van der Waals surface area contributed by atoms with Gasteiger partial charge in [0.1, 0.15) is 11.6 Å². The molecule has 0 spiro atoms. The molecule has 2 saturated heterocycles. The summed E-state index contributed by atoms with van der Waals surface area (Å²) in [5, 5.41) is 10.8. The molecule has 4 atom stereocenters. The predicted octanol–water partition coefficient (Wildman–Crippen LogP) is 4.89. The Kier molecular flexibility index (Phi) is 9.09. The van der Waals surface area contributed by atoms with E-state index in [1.54, 1.807) is 12.1 Å². The minimum Gasteiger partial charge on any atom is -0.384 e. The van der Waals surface area contributed by atoms with Crippen LogP contribution in [0.1, 0.15) is 61.1 Å². The van der Waals surface area contributed by atoms with Crippen LogP contribution in [0.3, 0.4) is 0 Å². The Morgan fingerprint density at radius 3 is 2.80 bits per heavy atom. The molecule has 0 amide bonds. The predicted molar refractivity (Wildman–Crippen MR) is 178 cm³/mol. The number of hydrazine groups is 1. The first kappa shape index (κ1) is 30.3. The van der Waals surface area contributed by atoms with E-state index < -0.39 is 0 Å². The largest absolute Gasteiger partial charge is 0.384 e. The van der Waals surface area contributed by atoms with Gasteiger partial charge >= 0.3 is 0 Å². The Hall–Kier alpha value is -3.41. The molecule has 0 bridgehead atoms. The van der Waals surface area contributed by atoms with Crippen LogP contribution in [0, 0.1) is 17.7 Å². The van der Waals surface area contributed by atoms with Crippen molar-refractivity contribution in [2.24, 2.45) is 11.8 Å². The number of fused-ring (bicyclic) bond motifs is 2. The molecule has 7 rings (SSSR count). The van der Waals surface area contributed by atoms with Crippen molar-refractivity contribution in [1.82, 2.24) is 41.3 Å². The molecule has 4 unspecified atom stereocenters. The second kappa shape index (κ2) is 13.5. The summed E-state index contributed by atoms with van der Waals surface area (Å²) in [5.74, 6) is 1.81. The SMILES string of the molecule is CN(C)CCNc1cc(F)cc(-c2cccc3[nH]c(C4NNC5CNC(c6cncc(CNCC7CCCC7)c6)CC54)nc23)c1. The summed E-state index contributed by atoms with van der Waals surface area (Å²) in [4.78, 5) is 15.4. The lowest BCUT2D eigenvalue weighted by Crippen LogP contribution is -2.46. The normalized spacial score (nSPS) is 23.6. The number of nitrogens with zero attached hydrogens (tertiary/aromatic N) is 3. The van der Waals surface area contributed by atoms with E-state index in [2.05, 4.69) is 47.7 Å². The van der Waals surface area contributed by atoms with Gasteiger partial charge in [0.2, 0.25) is 0 Å². The quantitative estimate of drug-likeness (QED) is 0.143. The highest BCUT2D eigenvalue weighted by Gasteiger charge is 2.42. The molecule has 6 N–H and O–H groups in total. The zero-order valence-electron chi connectivity index (χ0n) is 26.4. The average molecular weight is 612 g/mol. The molecule has 1 aliphatic carbocycles. The number of imidazole rings is 1. The maximum absolute atomic E-state index is 14.8.